The number of rotatable bonds is 5. The molecule has 0 spiro atoms. The molecule has 1 heterocycles. The number of aryl methyl sites for hydroxylation is 1. The van der Waals surface area contributed by atoms with E-state index in [1.54, 1.807) is 11.3 Å². The fourth-order valence-corrected chi connectivity index (χ4v) is 2.63. The van der Waals surface area contributed by atoms with Crippen molar-refractivity contribution < 1.29 is 9.90 Å². The number of hydrogen-bond donors (Lipinski definition) is 2. The molecule has 0 saturated carbocycles. The van der Waals surface area contributed by atoms with Gasteiger partial charge < -0.3 is 10.8 Å². The molecular weight excluding hydrogens is 210 g/mol. The van der Waals surface area contributed by atoms with Crippen LogP contribution in [0.15, 0.2) is 11.4 Å². The molecule has 0 bridgehead atoms. The van der Waals surface area contributed by atoms with Crippen LogP contribution >= 0.6 is 11.3 Å². The first-order valence-corrected chi connectivity index (χ1v) is 5.90. The molecule has 0 fully saturated rings. The van der Waals surface area contributed by atoms with E-state index < -0.39 is 5.97 Å². The van der Waals surface area contributed by atoms with Crippen LogP contribution in [0.5, 0.6) is 0 Å². The van der Waals surface area contributed by atoms with Crippen LogP contribution in [0.4, 0.5) is 0 Å². The van der Waals surface area contributed by atoms with Crippen molar-refractivity contribution in [3.05, 3.63) is 21.9 Å². The molecule has 0 aliphatic heterocycles. The zero-order valence-electron chi connectivity index (χ0n) is 9.06. The second-order valence-electron chi connectivity index (χ2n) is 4.01. The Kier molecular flexibility index (Phi) is 4.29. The van der Waals surface area contributed by atoms with Gasteiger partial charge in [-0.25, -0.2) is 0 Å². The van der Waals surface area contributed by atoms with Gasteiger partial charge >= 0.3 is 5.97 Å². The lowest BCUT2D eigenvalue weighted by atomic mass is 9.97. The van der Waals surface area contributed by atoms with Crippen molar-refractivity contribution in [1.29, 1.82) is 0 Å². The van der Waals surface area contributed by atoms with E-state index in [1.807, 2.05) is 25.3 Å². The molecule has 0 saturated heterocycles. The van der Waals surface area contributed by atoms with E-state index in [0.29, 0.717) is 0 Å². The summed E-state index contributed by atoms with van der Waals surface area (Å²) in [6.45, 7) is 3.96. The van der Waals surface area contributed by atoms with E-state index in [1.165, 1.54) is 10.4 Å². The van der Waals surface area contributed by atoms with Gasteiger partial charge in [-0.15, -0.1) is 11.3 Å². The summed E-state index contributed by atoms with van der Waals surface area (Å²) < 4.78 is 0. The number of nitrogens with two attached hydrogens (primary N) is 1. The zero-order valence-corrected chi connectivity index (χ0v) is 9.88. The first kappa shape index (κ1) is 12.2. The van der Waals surface area contributed by atoms with Gasteiger partial charge in [0.15, 0.2) is 0 Å². The lowest BCUT2D eigenvalue weighted by Crippen LogP contribution is -2.15. The summed E-state index contributed by atoms with van der Waals surface area (Å²) in [5.41, 5.74) is 7.24. The summed E-state index contributed by atoms with van der Waals surface area (Å²) in [4.78, 5) is 11.7. The molecule has 1 aromatic rings. The molecule has 0 aromatic carbocycles. The molecule has 15 heavy (non-hydrogen) atoms. The Balaban J connectivity index is 2.52. The van der Waals surface area contributed by atoms with Crippen molar-refractivity contribution in [1.82, 2.24) is 0 Å². The van der Waals surface area contributed by atoms with Crippen LogP contribution in [0, 0.1) is 12.8 Å². The molecule has 4 heteroatoms. The topological polar surface area (TPSA) is 63.3 Å². The molecule has 0 radical (unpaired) electrons. The van der Waals surface area contributed by atoms with Crippen molar-refractivity contribution in [3.8, 4) is 0 Å². The number of aliphatic carboxylic acids is 1. The summed E-state index contributed by atoms with van der Waals surface area (Å²) >= 11 is 1.65. The molecule has 1 rings (SSSR count). The number of carbonyl (C=O) groups is 1. The van der Waals surface area contributed by atoms with E-state index in [2.05, 4.69) is 0 Å². The molecular formula is C11H17NO2S. The zero-order chi connectivity index (χ0) is 11.4. The van der Waals surface area contributed by atoms with E-state index in [4.69, 9.17) is 10.8 Å². The summed E-state index contributed by atoms with van der Waals surface area (Å²) in [5.74, 6) is -0.628. The smallest absolute Gasteiger partial charge is 0.303 e. The van der Waals surface area contributed by atoms with Crippen molar-refractivity contribution in [3.63, 3.8) is 0 Å². The van der Waals surface area contributed by atoms with Gasteiger partial charge in [-0.05, 0) is 36.3 Å². The van der Waals surface area contributed by atoms with Gasteiger partial charge in [0, 0.05) is 17.3 Å². The highest BCUT2D eigenvalue weighted by Gasteiger charge is 2.16. The molecule has 0 aliphatic carbocycles. The Morgan fingerprint density at radius 2 is 2.33 bits per heavy atom. The Labute approximate surface area is 93.9 Å². The number of hydrogen-bond acceptors (Lipinski definition) is 3. The first-order valence-electron chi connectivity index (χ1n) is 5.02. The van der Waals surface area contributed by atoms with Gasteiger partial charge in [0.05, 0.1) is 0 Å². The van der Waals surface area contributed by atoms with E-state index >= 15 is 0 Å². The van der Waals surface area contributed by atoms with Crippen LogP contribution in [0.2, 0.25) is 0 Å². The molecule has 3 N–H and O–H groups in total. The molecule has 3 nitrogen and oxygen atoms in total. The van der Waals surface area contributed by atoms with Gasteiger partial charge in [0.25, 0.3) is 0 Å². The second-order valence-corrected chi connectivity index (χ2v) is 4.96. The largest absolute Gasteiger partial charge is 0.481 e. The first-order chi connectivity index (χ1) is 7.00. The van der Waals surface area contributed by atoms with Crippen LogP contribution in [0.3, 0.4) is 0 Å². The molecule has 2 atom stereocenters. The lowest BCUT2D eigenvalue weighted by Gasteiger charge is -2.15. The molecule has 84 valence electrons. The fourth-order valence-electron chi connectivity index (χ4n) is 1.69. The third-order valence-electron chi connectivity index (χ3n) is 2.42. The Morgan fingerprint density at radius 3 is 2.80 bits per heavy atom. The molecule has 1 aromatic heterocycles. The minimum atomic E-state index is -0.752. The summed E-state index contributed by atoms with van der Waals surface area (Å²) in [5, 5.41) is 10.7. The average Bonchev–Trinajstić information content (AvgIpc) is 2.49. The van der Waals surface area contributed by atoms with E-state index in [9.17, 15) is 4.79 Å². The Morgan fingerprint density at radius 1 is 1.67 bits per heavy atom. The van der Waals surface area contributed by atoms with Crippen LogP contribution in [-0.4, -0.2) is 11.1 Å². The van der Waals surface area contributed by atoms with Crippen LogP contribution in [0.25, 0.3) is 0 Å². The lowest BCUT2D eigenvalue weighted by molar-refractivity contribution is -0.138. The van der Waals surface area contributed by atoms with Gasteiger partial charge in [-0.3, -0.25) is 4.79 Å². The number of carboxylic acid groups (broad SMARTS) is 1. The Hall–Kier alpha value is -0.870. The van der Waals surface area contributed by atoms with Gasteiger partial charge in [-0.2, -0.15) is 0 Å². The normalized spacial score (nSPS) is 14.9. The van der Waals surface area contributed by atoms with Crippen LogP contribution in [-0.2, 0) is 4.79 Å². The van der Waals surface area contributed by atoms with Crippen LogP contribution < -0.4 is 5.73 Å². The predicted molar refractivity (Wildman–Crippen MR) is 62.0 cm³/mol. The SMILES string of the molecule is Cc1ccsc1C(N)CC(C)CC(=O)O. The maximum absolute atomic E-state index is 10.5. The van der Waals surface area contributed by atoms with Gasteiger partial charge in [-0.1, -0.05) is 6.92 Å². The fraction of sp³-hybridized carbons (Fsp3) is 0.545. The third-order valence-corrected chi connectivity index (χ3v) is 3.57. The minimum Gasteiger partial charge on any atom is -0.481 e. The number of carboxylic acids is 1. The quantitative estimate of drug-likeness (QED) is 0.812. The molecule has 0 aliphatic rings. The average molecular weight is 227 g/mol. The maximum atomic E-state index is 10.5. The molecule has 2 unspecified atom stereocenters. The van der Waals surface area contributed by atoms with Crippen molar-refractivity contribution in [2.45, 2.75) is 32.7 Å². The minimum absolute atomic E-state index is 0.0284. The van der Waals surface area contributed by atoms with Crippen LogP contribution in [0.1, 0.15) is 36.2 Å². The third kappa shape index (κ3) is 3.64. The molecule has 0 amide bonds. The Bertz CT molecular complexity index is 335. The summed E-state index contributed by atoms with van der Waals surface area (Å²) in [7, 11) is 0. The van der Waals surface area contributed by atoms with Crippen molar-refractivity contribution >= 4 is 17.3 Å². The van der Waals surface area contributed by atoms with Crippen molar-refractivity contribution in [2.75, 3.05) is 0 Å². The second kappa shape index (κ2) is 5.28. The van der Waals surface area contributed by atoms with E-state index in [0.717, 1.165) is 6.42 Å². The van der Waals surface area contributed by atoms with E-state index in [-0.39, 0.29) is 18.4 Å². The summed E-state index contributed by atoms with van der Waals surface area (Å²) in [6, 6.07) is 2.01. The highest BCUT2D eigenvalue weighted by atomic mass is 32.1. The summed E-state index contributed by atoms with van der Waals surface area (Å²) in [6.07, 6.45) is 0.922. The predicted octanol–water partition coefficient (Wildman–Crippen LogP) is 2.56. The van der Waals surface area contributed by atoms with Gasteiger partial charge in [0.2, 0.25) is 0 Å². The van der Waals surface area contributed by atoms with Crippen molar-refractivity contribution in [2.24, 2.45) is 11.7 Å². The maximum Gasteiger partial charge on any atom is 0.303 e. The monoisotopic (exact) mass is 227 g/mol. The highest BCUT2D eigenvalue weighted by Crippen LogP contribution is 2.27. The number of thiophene rings is 1. The standard InChI is InChI=1S/C11H17NO2S/c1-7(6-10(13)14)5-9(12)11-8(2)3-4-15-11/h3-4,7,9H,5-6,12H2,1-2H3,(H,13,14). The highest BCUT2D eigenvalue weighted by molar-refractivity contribution is 7.10. The van der Waals surface area contributed by atoms with Gasteiger partial charge in [0.1, 0.15) is 0 Å².